The molecule has 2 fully saturated rings. The summed E-state index contributed by atoms with van der Waals surface area (Å²) in [5, 5.41) is 6.10. The van der Waals surface area contributed by atoms with Crippen LogP contribution in [0.1, 0.15) is 19.5 Å². The molecule has 0 unspecified atom stereocenters. The van der Waals surface area contributed by atoms with E-state index in [0.717, 1.165) is 19.3 Å². The van der Waals surface area contributed by atoms with Crippen LogP contribution in [0.15, 0.2) is 18.3 Å². The zero-order valence-corrected chi connectivity index (χ0v) is 13.5. The molecule has 1 aromatic rings. The summed E-state index contributed by atoms with van der Waals surface area (Å²) in [6, 6.07) is 2.61. The largest absolute Gasteiger partial charge is 0.489 e. The Morgan fingerprint density at radius 3 is 2.67 bits per heavy atom. The van der Waals surface area contributed by atoms with Crippen LogP contribution in [-0.4, -0.2) is 36.1 Å². The monoisotopic (exact) mass is 343 g/mol. The topological polar surface area (TPSA) is 63.2 Å². The maximum atomic E-state index is 12.9. The number of nitrogens with one attached hydrogen (secondary N) is 2. The zero-order valence-electron chi connectivity index (χ0n) is 13.5. The summed E-state index contributed by atoms with van der Waals surface area (Å²) in [5.41, 5.74) is -1.84. The van der Waals surface area contributed by atoms with Crippen molar-refractivity contribution in [1.29, 1.82) is 0 Å². The van der Waals surface area contributed by atoms with Crippen LogP contribution >= 0.6 is 0 Å². The lowest BCUT2D eigenvalue weighted by molar-refractivity contribution is -0.143. The van der Waals surface area contributed by atoms with Gasteiger partial charge in [-0.1, -0.05) is 0 Å². The molecule has 1 saturated carbocycles. The predicted molar refractivity (Wildman–Crippen MR) is 80.3 cm³/mol. The molecule has 1 amide bonds. The van der Waals surface area contributed by atoms with Gasteiger partial charge in [0, 0.05) is 12.1 Å². The molecule has 0 aromatic carbocycles. The average Bonchev–Trinajstić information content (AvgIpc) is 2.98. The lowest BCUT2D eigenvalue weighted by Gasteiger charge is -2.27. The summed E-state index contributed by atoms with van der Waals surface area (Å²) in [6.07, 6.45) is -3.51. The summed E-state index contributed by atoms with van der Waals surface area (Å²) in [6.45, 7) is 5.08. The SMILES string of the molecule is CC(C)(COc1cccnc1C(F)(F)F)NC(=O)[C@H]1[C@@H]2CNC[C@@H]21. The highest BCUT2D eigenvalue weighted by atomic mass is 19.4. The second kappa shape index (κ2) is 5.91. The van der Waals surface area contributed by atoms with Crippen molar-refractivity contribution in [2.75, 3.05) is 19.7 Å². The van der Waals surface area contributed by atoms with Crippen LogP contribution in [0.2, 0.25) is 0 Å². The van der Waals surface area contributed by atoms with Crippen LogP contribution < -0.4 is 15.4 Å². The van der Waals surface area contributed by atoms with Crippen molar-refractivity contribution >= 4 is 5.91 Å². The number of nitrogens with zero attached hydrogens (tertiary/aromatic N) is 1. The minimum atomic E-state index is -4.58. The van der Waals surface area contributed by atoms with Gasteiger partial charge in [-0.05, 0) is 50.9 Å². The number of alkyl halides is 3. The molecule has 2 heterocycles. The number of rotatable bonds is 5. The Balaban J connectivity index is 1.58. The number of ether oxygens (including phenoxy) is 1. The number of carbonyl (C=O) groups is 1. The summed E-state index contributed by atoms with van der Waals surface area (Å²) in [7, 11) is 0. The quantitative estimate of drug-likeness (QED) is 0.856. The lowest BCUT2D eigenvalue weighted by Crippen LogP contribution is -2.49. The van der Waals surface area contributed by atoms with Crippen molar-refractivity contribution in [3.05, 3.63) is 24.0 Å². The molecule has 0 spiro atoms. The molecule has 1 aliphatic carbocycles. The minimum Gasteiger partial charge on any atom is -0.489 e. The molecule has 2 aliphatic rings. The number of hydrogen-bond acceptors (Lipinski definition) is 4. The minimum absolute atomic E-state index is 0.00894. The molecule has 1 aliphatic heterocycles. The van der Waals surface area contributed by atoms with Crippen LogP contribution in [0.4, 0.5) is 13.2 Å². The molecule has 1 saturated heterocycles. The van der Waals surface area contributed by atoms with Gasteiger partial charge in [0.15, 0.2) is 5.69 Å². The van der Waals surface area contributed by atoms with Crippen molar-refractivity contribution in [1.82, 2.24) is 15.6 Å². The summed E-state index contributed by atoms with van der Waals surface area (Å²) in [5.74, 6) is 0.394. The van der Waals surface area contributed by atoms with Gasteiger partial charge in [0.05, 0.1) is 5.54 Å². The second-order valence-electron chi connectivity index (χ2n) is 7.02. The van der Waals surface area contributed by atoms with Gasteiger partial charge in [0.1, 0.15) is 12.4 Å². The summed E-state index contributed by atoms with van der Waals surface area (Å²) < 4.78 is 44.0. The molecule has 8 heteroatoms. The third kappa shape index (κ3) is 3.48. The highest BCUT2D eigenvalue weighted by Gasteiger charge is 2.57. The van der Waals surface area contributed by atoms with Gasteiger partial charge in [-0.25, -0.2) is 4.98 Å². The molecular weight excluding hydrogens is 323 g/mol. The third-order valence-electron chi connectivity index (χ3n) is 4.48. The highest BCUT2D eigenvalue weighted by Crippen LogP contribution is 2.48. The molecule has 0 bridgehead atoms. The maximum Gasteiger partial charge on any atom is 0.437 e. The number of fused-ring (bicyclic) bond motifs is 1. The van der Waals surface area contributed by atoms with Crippen LogP contribution in [0.25, 0.3) is 0 Å². The first-order valence-corrected chi connectivity index (χ1v) is 7.87. The van der Waals surface area contributed by atoms with E-state index in [2.05, 4.69) is 15.6 Å². The number of carbonyl (C=O) groups excluding carboxylic acids is 1. The molecule has 5 nitrogen and oxygen atoms in total. The molecule has 1 aromatic heterocycles. The highest BCUT2D eigenvalue weighted by molar-refractivity contribution is 5.83. The van der Waals surface area contributed by atoms with Gasteiger partial charge < -0.3 is 15.4 Å². The Bertz CT molecular complexity index is 623. The molecule has 3 atom stereocenters. The maximum absolute atomic E-state index is 12.9. The molecule has 3 rings (SSSR count). The fourth-order valence-electron chi connectivity index (χ4n) is 3.24. The van der Waals surface area contributed by atoms with E-state index in [4.69, 9.17) is 4.74 Å². The first-order valence-electron chi connectivity index (χ1n) is 7.87. The van der Waals surface area contributed by atoms with E-state index < -0.39 is 17.4 Å². The summed E-state index contributed by atoms with van der Waals surface area (Å²) >= 11 is 0. The van der Waals surface area contributed by atoms with E-state index in [0.29, 0.717) is 11.8 Å². The van der Waals surface area contributed by atoms with Gasteiger partial charge in [0.2, 0.25) is 5.91 Å². The summed E-state index contributed by atoms with van der Waals surface area (Å²) in [4.78, 5) is 15.6. The Morgan fingerprint density at radius 2 is 2.04 bits per heavy atom. The number of pyridine rings is 1. The fourth-order valence-corrected chi connectivity index (χ4v) is 3.24. The second-order valence-corrected chi connectivity index (χ2v) is 7.02. The lowest BCUT2D eigenvalue weighted by atomic mass is 10.1. The van der Waals surface area contributed by atoms with Crippen molar-refractivity contribution in [3.63, 3.8) is 0 Å². The normalized spacial score (nSPS) is 26.0. The van der Waals surface area contributed by atoms with Gasteiger partial charge in [0.25, 0.3) is 0 Å². The predicted octanol–water partition coefficient (Wildman–Crippen LogP) is 1.84. The van der Waals surface area contributed by atoms with Crippen molar-refractivity contribution in [2.24, 2.45) is 17.8 Å². The number of piperidine rings is 1. The van der Waals surface area contributed by atoms with E-state index in [-0.39, 0.29) is 24.2 Å². The molecular formula is C16H20F3N3O2. The first-order chi connectivity index (χ1) is 11.2. The third-order valence-corrected chi connectivity index (χ3v) is 4.48. The molecule has 0 radical (unpaired) electrons. The van der Waals surface area contributed by atoms with Crippen molar-refractivity contribution < 1.29 is 22.7 Å². The fraction of sp³-hybridized carbons (Fsp3) is 0.625. The smallest absolute Gasteiger partial charge is 0.437 e. The Labute approximate surface area is 138 Å². The first kappa shape index (κ1) is 17.0. The van der Waals surface area contributed by atoms with E-state index in [1.807, 2.05) is 0 Å². The Hall–Kier alpha value is -1.83. The van der Waals surface area contributed by atoms with Gasteiger partial charge in [-0.15, -0.1) is 0 Å². The van der Waals surface area contributed by atoms with Crippen molar-refractivity contribution in [2.45, 2.75) is 25.6 Å². The van der Waals surface area contributed by atoms with Crippen molar-refractivity contribution in [3.8, 4) is 5.75 Å². The zero-order chi connectivity index (χ0) is 17.5. The van der Waals surface area contributed by atoms with Gasteiger partial charge in [-0.2, -0.15) is 13.2 Å². The molecule has 2 N–H and O–H groups in total. The average molecular weight is 343 g/mol. The molecule has 132 valence electrons. The van der Waals surface area contributed by atoms with E-state index >= 15 is 0 Å². The van der Waals surface area contributed by atoms with Gasteiger partial charge in [-0.3, -0.25) is 4.79 Å². The van der Waals surface area contributed by atoms with Gasteiger partial charge >= 0.3 is 6.18 Å². The van der Waals surface area contributed by atoms with Crippen LogP contribution in [-0.2, 0) is 11.0 Å². The Kier molecular flexibility index (Phi) is 4.19. The molecule has 24 heavy (non-hydrogen) atoms. The number of amides is 1. The number of aromatic nitrogens is 1. The van der Waals surface area contributed by atoms with Crippen LogP contribution in [0, 0.1) is 17.8 Å². The Morgan fingerprint density at radius 1 is 1.38 bits per heavy atom. The van der Waals surface area contributed by atoms with Crippen LogP contribution in [0.3, 0.4) is 0 Å². The van der Waals surface area contributed by atoms with E-state index in [1.54, 1.807) is 13.8 Å². The van der Waals surface area contributed by atoms with E-state index in [9.17, 15) is 18.0 Å². The number of hydrogen-bond donors (Lipinski definition) is 2. The van der Waals surface area contributed by atoms with Crippen LogP contribution in [0.5, 0.6) is 5.75 Å². The standard InChI is InChI=1S/C16H20F3N3O2/c1-15(2,22-14(23)12-9-6-20-7-10(9)12)8-24-11-4-3-5-21-13(11)16(17,18)19/h3-5,9-10,12,20H,6-8H2,1-2H3,(H,22,23)/t9-,10+,12+. The van der Waals surface area contributed by atoms with E-state index in [1.165, 1.54) is 12.1 Å². The number of halogens is 3.